The van der Waals surface area contributed by atoms with E-state index in [1.807, 2.05) is 0 Å². The summed E-state index contributed by atoms with van der Waals surface area (Å²) in [5.74, 6) is -1.01. The van der Waals surface area contributed by atoms with Crippen molar-refractivity contribution in [1.82, 2.24) is 0 Å². The molecule has 4 nitrogen and oxygen atoms in total. The molecule has 0 rings (SSSR count). The van der Waals surface area contributed by atoms with Crippen LogP contribution in [0.15, 0.2) is 0 Å². The number of carbonyl (C=O) groups is 2. The molecule has 0 heterocycles. The molecule has 0 saturated carbocycles. The maximum Gasteiger partial charge on any atom is 0.230 e. The van der Waals surface area contributed by atoms with Gasteiger partial charge in [0.2, 0.25) is 11.8 Å². The normalized spacial score (nSPS) is 12.6. The number of alkyl halides is 1. The minimum atomic E-state index is -0.506. The van der Waals surface area contributed by atoms with Crippen molar-refractivity contribution in [3.05, 3.63) is 0 Å². The lowest BCUT2D eigenvalue weighted by Gasteiger charge is -1.98. The molecule has 0 fully saturated rings. The predicted octanol–water partition coefficient (Wildman–Crippen LogP) is -0.849. The smallest absolute Gasteiger partial charge is 0.230 e. The van der Waals surface area contributed by atoms with E-state index in [9.17, 15) is 9.59 Å². The minimum absolute atomic E-state index is 0.0237. The van der Waals surface area contributed by atoms with Crippen molar-refractivity contribution in [2.75, 3.05) is 0 Å². The topological polar surface area (TPSA) is 86.2 Å². The van der Waals surface area contributed by atoms with E-state index in [-0.39, 0.29) is 6.42 Å². The summed E-state index contributed by atoms with van der Waals surface area (Å²) in [4.78, 5) is 20.4. The number of halogens is 1. The Morgan fingerprint density at radius 3 is 2.00 bits per heavy atom. The van der Waals surface area contributed by atoms with Crippen LogP contribution in [0.1, 0.15) is 6.42 Å². The van der Waals surface area contributed by atoms with Gasteiger partial charge in [-0.05, 0) is 0 Å². The summed E-state index contributed by atoms with van der Waals surface area (Å²) in [6, 6.07) is 0. The van der Waals surface area contributed by atoms with Gasteiger partial charge in [0.15, 0.2) is 0 Å². The maximum atomic E-state index is 10.2. The maximum absolute atomic E-state index is 10.2. The molecule has 0 bridgehead atoms. The molecular formula is C4H7IN2O2. The third-order valence-electron chi connectivity index (χ3n) is 0.689. The highest BCUT2D eigenvalue weighted by atomic mass is 127. The first kappa shape index (κ1) is 8.67. The fourth-order valence-electron chi connectivity index (χ4n) is 0.277. The van der Waals surface area contributed by atoms with Crippen LogP contribution in [0.2, 0.25) is 0 Å². The predicted molar refractivity (Wildman–Crippen MR) is 40.8 cm³/mol. The van der Waals surface area contributed by atoms with Gasteiger partial charge in [-0.3, -0.25) is 9.59 Å². The highest BCUT2D eigenvalue weighted by Crippen LogP contribution is 2.02. The van der Waals surface area contributed by atoms with Crippen LogP contribution in [-0.2, 0) is 9.59 Å². The molecule has 0 aromatic rings. The van der Waals surface area contributed by atoms with Gasteiger partial charge in [-0.1, -0.05) is 22.6 Å². The third kappa shape index (κ3) is 4.19. The van der Waals surface area contributed by atoms with Gasteiger partial charge in [-0.25, -0.2) is 0 Å². The molecule has 0 aliphatic carbocycles. The number of nitrogens with two attached hydrogens (primary N) is 2. The van der Waals surface area contributed by atoms with E-state index in [0.29, 0.717) is 0 Å². The van der Waals surface area contributed by atoms with E-state index in [1.54, 1.807) is 22.6 Å². The first-order chi connectivity index (χ1) is 4.04. The van der Waals surface area contributed by atoms with E-state index in [2.05, 4.69) is 0 Å². The van der Waals surface area contributed by atoms with Crippen LogP contribution in [0.5, 0.6) is 0 Å². The molecule has 9 heavy (non-hydrogen) atoms. The molecule has 0 aromatic heterocycles. The Morgan fingerprint density at radius 1 is 1.44 bits per heavy atom. The van der Waals surface area contributed by atoms with Gasteiger partial charge in [0.1, 0.15) is 0 Å². The number of hydrogen-bond donors (Lipinski definition) is 2. The van der Waals surface area contributed by atoms with E-state index in [1.165, 1.54) is 0 Å². The quantitative estimate of drug-likeness (QED) is 0.499. The second kappa shape index (κ2) is 3.65. The highest BCUT2D eigenvalue weighted by Gasteiger charge is 2.12. The molecule has 5 heteroatoms. The van der Waals surface area contributed by atoms with Crippen molar-refractivity contribution in [1.29, 1.82) is 0 Å². The zero-order chi connectivity index (χ0) is 7.44. The van der Waals surface area contributed by atoms with Crippen molar-refractivity contribution >= 4 is 34.4 Å². The van der Waals surface area contributed by atoms with Crippen molar-refractivity contribution in [3.8, 4) is 0 Å². The van der Waals surface area contributed by atoms with Crippen LogP contribution in [0.4, 0.5) is 0 Å². The largest absolute Gasteiger partial charge is 0.370 e. The number of carbonyl (C=O) groups excluding carboxylic acids is 2. The minimum Gasteiger partial charge on any atom is -0.370 e. The summed E-state index contributed by atoms with van der Waals surface area (Å²) < 4.78 is -0.472. The number of primary amides is 2. The van der Waals surface area contributed by atoms with Crippen LogP contribution >= 0.6 is 22.6 Å². The second-order valence-corrected chi connectivity index (χ2v) is 3.04. The molecule has 0 aromatic carbocycles. The van der Waals surface area contributed by atoms with Crippen LogP contribution < -0.4 is 11.5 Å². The molecule has 1 atom stereocenters. The third-order valence-corrected chi connectivity index (χ3v) is 1.74. The Bertz CT molecular complexity index is 137. The van der Waals surface area contributed by atoms with Crippen molar-refractivity contribution < 1.29 is 9.59 Å². The Hall–Kier alpha value is -0.330. The Kier molecular flexibility index (Phi) is 3.52. The Labute approximate surface area is 66.1 Å². The van der Waals surface area contributed by atoms with Crippen LogP contribution in [-0.4, -0.2) is 15.7 Å². The van der Waals surface area contributed by atoms with Crippen molar-refractivity contribution in [2.24, 2.45) is 11.5 Å². The van der Waals surface area contributed by atoms with Crippen LogP contribution in [0, 0.1) is 0 Å². The summed E-state index contributed by atoms with van der Waals surface area (Å²) >= 11 is 1.77. The molecule has 2 amide bonds. The fraction of sp³-hybridized carbons (Fsp3) is 0.500. The van der Waals surface area contributed by atoms with Gasteiger partial charge in [-0.15, -0.1) is 0 Å². The average molecular weight is 242 g/mol. The first-order valence-corrected chi connectivity index (χ1v) is 3.50. The van der Waals surface area contributed by atoms with Gasteiger partial charge >= 0.3 is 0 Å². The van der Waals surface area contributed by atoms with Gasteiger partial charge < -0.3 is 11.5 Å². The molecule has 4 N–H and O–H groups in total. The molecule has 0 aliphatic rings. The fourth-order valence-corrected chi connectivity index (χ4v) is 0.711. The van der Waals surface area contributed by atoms with E-state index in [4.69, 9.17) is 11.5 Å². The molecule has 0 radical (unpaired) electrons. The van der Waals surface area contributed by atoms with Crippen LogP contribution in [0.3, 0.4) is 0 Å². The molecule has 0 spiro atoms. The standard InChI is InChI=1S/C4H7IN2O2/c5-2(4(7)9)1-3(6)8/h2H,1H2,(H2,6,8)(H2,7,9). The van der Waals surface area contributed by atoms with Crippen LogP contribution in [0.25, 0.3) is 0 Å². The van der Waals surface area contributed by atoms with E-state index >= 15 is 0 Å². The Morgan fingerprint density at radius 2 is 1.89 bits per heavy atom. The number of rotatable bonds is 3. The number of amides is 2. The SMILES string of the molecule is NC(=O)CC(I)C(N)=O. The summed E-state index contributed by atoms with van der Waals surface area (Å²) in [6.45, 7) is 0. The molecular weight excluding hydrogens is 235 g/mol. The van der Waals surface area contributed by atoms with Gasteiger partial charge in [0, 0.05) is 6.42 Å². The second-order valence-electron chi connectivity index (χ2n) is 1.54. The van der Waals surface area contributed by atoms with Crippen molar-refractivity contribution in [2.45, 2.75) is 10.3 Å². The summed E-state index contributed by atoms with van der Waals surface area (Å²) in [7, 11) is 0. The van der Waals surface area contributed by atoms with Gasteiger partial charge in [0.25, 0.3) is 0 Å². The highest BCUT2D eigenvalue weighted by molar-refractivity contribution is 14.1. The van der Waals surface area contributed by atoms with Crippen molar-refractivity contribution in [3.63, 3.8) is 0 Å². The molecule has 52 valence electrons. The Balaban J connectivity index is 3.63. The lowest BCUT2D eigenvalue weighted by Crippen LogP contribution is -2.28. The average Bonchev–Trinajstić information content (AvgIpc) is 1.63. The van der Waals surface area contributed by atoms with Gasteiger partial charge in [0.05, 0.1) is 3.92 Å². The van der Waals surface area contributed by atoms with Gasteiger partial charge in [-0.2, -0.15) is 0 Å². The monoisotopic (exact) mass is 242 g/mol. The molecule has 0 aliphatic heterocycles. The summed E-state index contributed by atoms with van der Waals surface area (Å²) in [6.07, 6.45) is 0.0237. The van der Waals surface area contributed by atoms with E-state index < -0.39 is 15.7 Å². The zero-order valence-electron chi connectivity index (χ0n) is 4.63. The lowest BCUT2D eigenvalue weighted by molar-refractivity contribution is -0.122. The summed E-state index contributed by atoms with van der Waals surface area (Å²) in [5, 5.41) is 0. The molecule has 0 saturated heterocycles. The zero-order valence-corrected chi connectivity index (χ0v) is 6.79. The molecule has 1 unspecified atom stereocenters. The summed E-state index contributed by atoms with van der Waals surface area (Å²) in [5.41, 5.74) is 9.61. The first-order valence-electron chi connectivity index (χ1n) is 2.25. The lowest BCUT2D eigenvalue weighted by atomic mass is 10.3. The number of hydrogen-bond acceptors (Lipinski definition) is 2. The van der Waals surface area contributed by atoms with E-state index in [0.717, 1.165) is 0 Å².